The maximum atomic E-state index is 12.3. The Bertz CT molecular complexity index is 433. The molecule has 0 amide bonds. The molecule has 0 unspecified atom stereocenters. The van der Waals surface area contributed by atoms with E-state index in [1.54, 1.807) is 0 Å². The summed E-state index contributed by atoms with van der Waals surface area (Å²) < 4.78 is 73.2. The first kappa shape index (κ1) is 13.3. The zero-order valence-electron chi connectivity index (χ0n) is 8.06. The van der Waals surface area contributed by atoms with E-state index in [1.807, 2.05) is 0 Å². The van der Waals surface area contributed by atoms with Gasteiger partial charge in [-0.1, -0.05) is 4.85 Å². The fraction of sp³-hybridized carbons (Fsp3) is 0.429. The van der Waals surface area contributed by atoms with Crippen LogP contribution in [0.15, 0.2) is 6.07 Å². The van der Waals surface area contributed by atoms with Crippen LogP contribution in [-0.4, -0.2) is 15.9 Å². The van der Waals surface area contributed by atoms with Crippen LogP contribution in [0, 0.1) is 0 Å². The Morgan fingerprint density at radius 1 is 1.24 bits per heavy atom. The first-order chi connectivity index (χ1) is 7.51. The van der Waals surface area contributed by atoms with E-state index in [9.17, 15) is 31.1 Å². The van der Waals surface area contributed by atoms with E-state index < -0.39 is 34.6 Å². The van der Waals surface area contributed by atoms with Crippen molar-refractivity contribution in [2.75, 3.05) is 0 Å². The second kappa shape index (κ2) is 3.93. The van der Waals surface area contributed by atoms with Crippen molar-refractivity contribution in [3.05, 3.63) is 17.5 Å². The fourth-order valence-electron chi connectivity index (χ4n) is 0.885. The number of carbonyl (C=O) groups is 1. The van der Waals surface area contributed by atoms with Crippen LogP contribution in [0.5, 0.6) is 0 Å². The lowest BCUT2D eigenvalue weighted by atomic mass is 10.3. The summed E-state index contributed by atoms with van der Waals surface area (Å²) in [5, 5.41) is 2.52. The van der Waals surface area contributed by atoms with Gasteiger partial charge in [-0.15, -0.1) is 5.10 Å². The van der Waals surface area contributed by atoms with E-state index in [2.05, 4.69) is 9.94 Å². The summed E-state index contributed by atoms with van der Waals surface area (Å²) in [5.41, 5.74) is -3.62. The van der Waals surface area contributed by atoms with Gasteiger partial charge in [0.25, 0.3) is 0 Å². The van der Waals surface area contributed by atoms with Gasteiger partial charge in [0.05, 0.1) is 0 Å². The molecular weight excluding hydrogens is 258 g/mol. The Hall–Kier alpha value is -1.74. The minimum Gasteiger partial charge on any atom is -0.319 e. The molecule has 4 nitrogen and oxygen atoms in total. The van der Waals surface area contributed by atoms with Crippen LogP contribution in [0.2, 0.25) is 0 Å². The van der Waals surface area contributed by atoms with Crippen LogP contribution in [0.3, 0.4) is 0 Å². The molecule has 0 saturated heterocycles. The molecule has 0 aromatic carbocycles. The second-order valence-electron chi connectivity index (χ2n) is 2.87. The first-order valence-electron chi connectivity index (χ1n) is 3.95. The van der Waals surface area contributed by atoms with Gasteiger partial charge in [0.1, 0.15) is 0 Å². The highest BCUT2D eigenvalue weighted by molar-refractivity contribution is 5.66. The van der Waals surface area contributed by atoms with Crippen molar-refractivity contribution in [3.63, 3.8) is 0 Å². The minimum atomic E-state index is -5.12. The molecule has 0 fully saturated rings. The number of carbonyl (C=O) groups excluding carboxylic acids is 1. The van der Waals surface area contributed by atoms with Crippen LogP contribution in [0.25, 0.3) is 0 Å². The molecule has 1 aromatic rings. The standard InChI is InChI=1S/C7H4F6N2O2/c1-3(16)17-15-5(7(11,12)13)2-4(14-15)6(8,9)10/h2H,1H3. The zero-order valence-corrected chi connectivity index (χ0v) is 8.06. The van der Waals surface area contributed by atoms with Crippen LogP contribution in [-0.2, 0) is 17.1 Å². The predicted molar refractivity (Wildman–Crippen MR) is 39.5 cm³/mol. The maximum absolute atomic E-state index is 12.3. The summed E-state index contributed by atoms with van der Waals surface area (Å²) in [6, 6.07) is -0.247. The van der Waals surface area contributed by atoms with Crippen molar-refractivity contribution < 1.29 is 36.0 Å². The Balaban J connectivity index is 3.27. The highest BCUT2D eigenvalue weighted by Gasteiger charge is 2.43. The average Bonchev–Trinajstić information content (AvgIpc) is 2.44. The topological polar surface area (TPSA) is 44.1 Å². The van der Waals surface area contributed by atoms with Gasteiger partial charge in [0.15, 0.2) is 11.4 Å². The number of aromatic nitrogens is 2. The zero-order chi connectivity index (χ0) is 13.4. The van der Waals surface area contributed by atoms with Crippen molar-refractivity contribution in [1.82, 2.24) is 9.94 Å². The molecular formula is C7H4F6N2O2. The van der Waals surface area contributed by atoms with Crippen LogP contribution in [0.4, 0.5) is 26.3 Å². The van der Waals surface area contributed by atoms with E-state index in [0.29, 0.717) is 0 Å². The van der Waals surface area contributed by atoms with E-state index in [0.717, 1.165) is 6.92 Å². The Labute approximate surface area is 89.7 Å². The molecule has 17 heavy (non-hydrogen) atoms. The number of halogens is 6. The summed E-state index contributed by atoms with van der Waals surface area (Å²) in [6.07, 6.45) is -10.2. The molecule has 1 rings (SSSR count). The van der Waals surface area contributed by atoms with E-state index in [-0.39, 0.29) is 6.07 Å². The molecule has 10 heteroatoms. The Morgan fingerprint density at radius 3 is 2.12 bits per heavy atom. The van der Waals surface area contributed by atoms with Gasteiger partial charge >= 0.3 is 18.3 Å². The monoisotopic (exact) mass is 262 g/mol. The van der Waals surface area contributed by atoms with Crippen LogP contribution >= 0.6 is 0 Å². The highest BCUT2D eigenvalue weighted by atomic mass is 19.4. The lowest BCUT2D eigenvalue weighted by Gasteiger charge is -2.07. The molecule has 96 valence electrons. The van der Waals surface area contributed by atoms with Gasteiger partial charge in [-0.2, -0.15) is 26.3 Å². The molecule has 0 bridgehead atoms. The molecule has 1 heterocycles. The molecule has 0 aliphatic heterocycles. The molecule has 0 saturated carbocycles. The van der Waals surface area contributed by atoms with Crippen molar-refractivity contribution in [3.8, 4) is 0 Å². The lowest BCUT2D eigenvalue weighted by Crippen LogP contribution is -2.24. The van der Waals surface area contributed by atoms with Crippen LogP contribution in [0.1, 0.15) is 18.3 Å². The number of alkyl halides is 6. The van der Waals surface area contributed by atoms with Gasteiger partial charge in [-0.05, 0) is 0 Å². The summed E-state index contributed by atoms with van der Waals surface area (Å²) in [6.45, 7) is 0.731. The number of hydrogen-bond donors (Lipinski definition) is 0. The SMILES string of the molecule is CC(=O)On1nc(C(F)(F)F)cc1C(F)(F)F. The summed E-state index contributed by atoms with van der Waals surface area (Å²) in [5.74, 6) is -1.23. The number of rotatable bonds is 1. The third-order valence-corrected chi connectivity index (χ3v) is 1.47. The number of hydrogen-bond acceptors (Lipinski definition) is 3. The van der Waals surface area contributed by atoms with E-state index >= 15 is 0 Å². The second-order valence-corrected chi connectivity index (χ2v) is 2.87. The fourth-order valence-corrected chi connectivity index (χ4v) is 0.885. The number of nitrogens with zero attached hydrogens (tertiary/aromatic N) is 2. The third kappa shape index (κ3) is 3.11. The minimum absolute atomic E-state index is 0.247. The molecule has 0 radical (unpaired) electrons. The largest absolute Gasteiger partial charge is 0.436 e. The third-order valence-electron chi connectivity index (χ3n) is 1.47. The average molecular weight is 262 g/mol. The molecule has 0 aliphatic carbocycles. The van der Waals surface area contributed by atoms with Crippen molar-refractivity contribution in [2.24, 2.45) is 0 Å². The molecule has 1 aromatic heterocycles. The predicted octanol–water partition coefficient (Wildman–Crippen LogP) is 1.90. The van der Waals surface area contributed by atoms with E-state index in [1.165, 1.54) is 0 Å². The summed E-state index contributed by atoms with van der Waals surface area (Å²) in [7, 11) is 0. The van der Waals surface area contributed by atoms with Crippen LogP contribution < -0.4 is 4.84 Å². The molecule has 0 spiro atoms. The van der Waals surface area contributed by atoms with Gasteiger partial charge in [-0.3, -0.25) is 0 Å². The highest BCUT2D eigenvalue weighted by Crippen LogP contribution is 2.34. The quantitative estimate of drug-likeness (QED) is 0.726. The van der Waals surface area contributed by atoms with Crippen molar-refractivity contribution >= 4 is 5.97 Å². The van der Waals surface area contributed by atoms with Gasteiger partial charge in [-0.25, -0.2) is 4.79 Å². The Morgan fingerprint density at radius 2 is 1.76 bits per heavy atom. The first-order valence-corrected chi connectivity index (χ1v) is 3.95. The van der Waals surface area contributed by atoms with E-state index in [4.69, 9.17) is 0 Å². The normalized spacial score (nSPS) is 12.6. The molecule has 0 N–H and O–H groups in total. The summed E-state index contributed by atoms with van der Waals surface area (Å²) >= 11 is 0. The maximum Gasteiger partial charge on any atom is 0.436 e. The smallest absolute Gasteiger partial charge is 0.319 e. The van der Waals surface area contributed by atoms with Gasteiger partial charge in [0, 0.05) is 13.0 Å². The van der Waals surface area contributed by atoms with Crippen molar-refractivity contribution in [2.45, 2.75) is 19.3 Å². The van der Waals surface area contributed by atoms with Crippen molar-refractivity contribution in [1.29, 1.82) is 0 Å². The molecule has 0 atom stereocenters. The molecule has 0 aliphatic rings. The summed E-state index contributed by atoms with van der Waals surface area (Å²) in [4.78, 5) is 13.8. The van der Waals surface area contributed by atoms with Gasteiger partial charge < -0.3 is 4.84 Å². The van der Waals surface area contributed by atoms with Gasteiger partial charge in [0.2, 0.25) is 0 Å². The lowest BCUT2D eigenvalue weighted by molar-refractivity contribution is -0.162. The Kier molecular flexibility index (Phi) is 3.08.